The summed E-state index contributed by atoms with van der Waals surface area (Å²) in [6.07, 6.45) is 0.670. The third kappa shape index (κ3) is 5.73. The molecule has 0 unspecified atom stereocenters. The summed E-state index contributed by atoms with van der Waals surface area (Å²) < 4.78 is 28.3. The van der Waals surface area contributed by atoms with E-state index >= 15 is 0 Å². The van der Waals surface area contributed by atoms with E-state index < -0.39 is 17.7 Å². The maximum atomic E-state index is 13.5. The van der Waals surface area contributed by atoms with Crippen LogP contribution in [-0.2, 0) is 14.3 Å². The molecule has 214 valence electrons. The Kier molecular flexibility index (Phi) is 8.76. The highest BCUT2D eigenvalue weighted by molar-refractivity contribution is 6.46. The van der Waals surface area contributed by atoms with Crippen LogP contribution < -0.4 is 18.9 Å². The van der Waals surface area contributed by atoms with Gasteiger partial charge in [0, 0.05) is 31.7 Å². The largest absolute Gasteiger partial charge is 0.507 e. The highest BCUT2D eigenvalue weighted by atomic mass is 16.6. The first-order valence-electron chi connectivity index (χ1n) is 13.9. The van der Waals surface area contributed by atoms with Gasteiger partial charge in [0.2, 0.25) is 0 Å². The number of ketones is 1. The molecule has 0 radical (unpaired) electrons. The summed E-state index contributed by atoms with van der Waals surface area (Å²) >= 11 is 0. The molecule has 1 atom stereocenters. The standard InChI is InChI=1S/C30H36N2O8/c1-3-37-22-8-6-20(18-24(22)38-4-2)27-26(28(33)21-7-9-23-25(19-21)40-17-16-39-23)29(34)30(35)32(27)11-5-10-31-12-14-36-15-13-31/h6-9,18-19,27,33H,3-5,10-17H2,1-2H3/b28-26+/t27-/m0/s1. The highest BCUT2D eigenvalue weighted by Gasteiger charge is 2.46. The Morgan fingerprint density at radius 1 is 0.900 bits per heavy atom. The van der Waals surface area contributed by atoms with Crippen molar-refractivity contribution in [2.75, 3.05) is 65.8 Å². The Labute approximate surface area is 234 Å². The number of nitrogens with zero attached hydrogens (tertiary/aromatic N) is 2. The van der Waals surface area contributed by atoms with Crippen molar-refractivity contribution in [1.82, 2.24) is 9.80 Å². The van der Waals surface area contributed by atoms with Crippen LogP contribution in [0.15, 0.2) is 42.0 Å². The third-order valence-corrected chi connectivity index (χ3v) is 7.22. The summed E-state index contributed by atoms with van der Waals surface area (Å²) in [5, 5.41) is 11.5. The fourth-order valence-corrected chi connectivity index (χ4v) is 5.33. The number of fused-ring (bicyclic) bond motifs is 1. The molecule has 0 bridgehead atoms. The van der Waals surface area contributed by atoms with E-state index in [0.29, 0.717) is 86.7 Å². The number of benzene rings is 2. The highest BCUT2D eigenvalue weighted by Crippen LogP contribution is 2.43. The first-order chi connectivity index (χ1) is 19.5. The van der Waals surface area contributed by atoms with Gasteiger partial charge < -0.3 is 33.7 Å². The molecule has 3 aliphatic rings. The third-order valence-electron chi connectivity index (χ3n) is 7.22. The van der Waals surface area contributed by atoms with Crippen molar-refractivity contribution in [1.29, 1.82) is 0 Å². The molecule has 1 N–H and O–H groups in total. The van der Waals surface area contributed by atoms with Crippen LogP contribution in [0.4, 0.5) is 0 Å². The number of carbonyl (C=O) groups excluding carboxylic acids is 2. The number of likely N-dealkylation sites (tertiary alicyclic amines) is 1. The van der Waals surface area contributed by atoms with Crippen LogP contribution in [0, 0.1) is 0 Å². The SMILES string of the molecule is CCOc1ccc([C@H]2/C(=C(\O)c3ccc4c(c3)OCCO4)C(=O)C(=O)N2CCCN2CCOCC2)cc1OCC. The zero-order valence-electron chi connectivity index (χ0n) is 23.0. The predicted molar refractivity (Wildman–Crippen MR) is 147 cm³/mol. The lowest BCUT2D eigenvalue weighted by molar-refractivity contribution is -0.140. The number of hydrogen-bond acceptors (Lipinski definition) is 9. The molecular formula is C30H36N2O8. The first-order valence-corrected chi connectivity index (χ1v) is 13.9. The Morgan fingerprint density at radius 2 is 1.62 bits per heavy atom. The van der Waals surface area contributed by atoms with Crippen molar-refractivity contribution >= 4 is 17.4 Å². The van der Waals surface area contributed by atoms with Crippen molar-refractivity contribution in [3.8, 4) is 23.0 Å². The molecule has 10 heteroatoms. The zero-order valence-corrected chi connectivity index (χ0v) is 23.0. The van der Waals surface area contributed by atoms with Crippen LogP contribution in [0.5, 0.6) is 23.0 Å². The molecule has 0 spiro atoms. The fraction of sp³-hybridized carbons (Fsp3) is 0.467. The quantitative estimate of drug-likeness (QED) is 0.270. The van der Waals surface area contributed by atoms with Gasteiger partial charge in [-0.05, 0) is 56.2 Å². The van der Waals surface area contributed by atoms with Gasteiger partial charge in [0.1, 0.15) is 19.0 Å². The minimum Gasteiger partial charge on any atom is -0.507 e. The van der Waals surface area contributed by atoms with E-state index in [1.807, 2.05) is 19.9 Å². The van der Waals surface area contributed by atoms with Gasteiger partial charge in [0.25, 0.3) is 11.7 Å². The molecule has 2 saturated heterocycles. The minimum atomic E-state index is -0.798. The van der Waals surface area contributed by atoms with Gasteiger partial charge in [-0.15, -0.1) is 0 Å². The molecule has 0 aromatic heterocycles. The monoisotopic (exact) mass is 552 g/mol. The average molecular weight is 553 g/mol. The van der Waals surface area contributed by atoms with E-state index in [1.54, 1.807) is 35.2 Å². The van der Waals surface area contributed by atoms with Crippen LogP contribution in [-0.4, -0.2) is 92.4 Å². The van der Waals surface area contributed by atoms with E-state index in [1.165, 1.54) is 0 Å². The Balaban J connectivity index is 1.53. The molecule has 0 saturated carbocycles. The average Bonchev–Trinajstić information content (AvgIpc) is 3.23. The van der Waals surface area contributed by atoms with Crippen molar-refractivity contribution in [2.24, 2.45) is 0 Å². The number of carbonyl (C=O) groups is 2. The number of aliphatic hydroxyl groups excluding tert-OH is 1. The van der Waals surface area contributed by atoms with Crippen molar-refractivity contribution in [2.45, 2.75) is 26.3 Å². The van der Waals surface area contributed by atoms with Gasteiger partial charge in [-0.2, -0.15) is 0 Å². The van der Waals surface area contributed by atoms with E-state index in [2.05, 4.69) is 4.90 Å². The summed E-state index contributed by atoms with van der Waals surface area (Å²) in [5.74, 6) is 0.503. The molecule has 2 aromatic carbocycles. The maximum absolute atomic E-state index is 13.5. The summed E-state index contributed by atoms with van der Waals surface area (Å²) in [6, 6.07) is 9.58. The molecule has 3 aliphatic heterocycles. The molecular weight excluding hydrogens is 516 g/mol. The normalized spacial score (nSPS) is 20.6. The minimum absolute atomic E-state index is 0.0275. The summed E-state index contributed by atoms with van der Waals surface area (Å²) in [7, 11) is 0. The van der Waals surface area contributed by atoms with Gasteiger partial charge >= 0.3 is 0 Å². The smallest absolute Gasteiger partial charge is 0.295 e. The van der Waals surface area contributed by atoms with Crippen LogP contribution in [0.2, 0.25) is 0 Å². The van der Waals surface area contributed by atoms with Gasteiger partial charge in [-0.25, -0.2) is 0 Å². The fourth-order valence-electron chi connectivity index (χ4n) is 5.33. The second-order valence-electron chi connectivity index (χ2n) is 9.73. The molecule has 2 fully saturated rings. The number of amides is 1. The van der Waals surface area contributed by atoms with Gasteiger partial charge in [0.05, 0.1) is 38.0 Å². The number of rotatable bonds is 10. The van der Waals surface area contributed by atoms with E-state index in [4.69, 9.17) is 23.7 Å². The number of hydrogen-bond donors (Lipinski definition) is 1. The van der Waals surface area contributed by atoms with Gasteiger partial charge in [-0.1, -0.05) is 6.07 Å². The lowest BCUT2D eigenvalue weighted by Gasteiger charge is -2.29. The molecule has 3 heterocycles. The first kappa shape index (κ1) is 27.8. The van der Waals surface area contributed by atoms with Crippen molar-refractivity contribution in [3.05, 3.63) is 53.1 Å². The summed E-state index contributed by atoms with van der Waals surface area (Å²) in [4.78, 5) is 30.8. The van der Waals surface area contributed by atoms with Crippen molar-refractivity contribution in [3.63, 3.8) is 0 Å². The Hall–Kier alpha value is -3.76. The maximum Gasteiger partial charge on any atom is 0.295 e. The van der Waals surface area contributed by atoms with Crippen molar-refractivity contribution < 1.29 is 38.4 Å². The number of Topliss-reactive ketones (excluding diaryl/α,β-unsaturated/α-hetero) is 1. The summed E-state index contributed by atoms with van der Waals surface area (Å²) in [5.41, 5.74) is 1.05. The second-order valence-corrected chi connectivity index (χ2v) is 9.73. The van der Waals surface area contributed by atoms with Crippen LogP contribution >= 0.6 is 0 Å². The Morgan fingerprint density at radius 3 is 2.38 bits per heavy atom. The van der Waals surface area contributed by atoms with Gasteiger partial charge in [0.15, 0.2) is 23.0 Å². The number of aliphatic hydroxyl groups is 1. The lowest BCUT2D eigenvalue weighted by atomic mass is 9.94. The molecule has 40 heavy (non-hydrogen) atoms. The Bertz CT molecular complexity index is 1270. The van der Waals surface area contributed by atoms with Gasteiger partial charge in [-0.3, -0.25) is 14.5 Å². The summed E-state index contributed by atoms with van der Waals surface area (Å²) in [6.45, 7) is 9.64. The predicted octanol–water partition coefficient (Wildman–Crippen LogP) is 3.40. The van der Waals surface area contributed by atoms with E-state index in [-0.39, 0.29) is 11.3 Å². The molecule has 2 aromatic rings. The number of ether oxygens (including phenoxy) is 5. The topological polar surface area (TPSA) is 107 Å². The van der Waals surface area contributed by atoms with E-state index in [0.717, 1.165) is 19.6 Å². The molecule has 10 nitrogen and oxygen atoms in total. The van der Waals surface area contributed by atoms with Crippen LogP contribution in [0.25, 0.3) is 5.76 Å². The molecule has 0 aliphatic carbocycles. The zero-order chi connectivity index (χ0) is 28.1. The molecule has 1 amide bonds. The van der Waals surface area contributed by atoms with Crippen LogP contribution in [0.1, 0.15) is 37.4 Å². The lowest BCUT2D eigenvalue weighted by Crippen LogP contribution is -2.39. The number of morpholine rings is 1. The second kappa shape index (κ2) is 12.6. The van der Waals surface area contributed by atoms with E-state index in [9.17, 15) is 14.7 Å². The van der Waals surface area contributed by atoms with Crippen LogP contribution in [0.3, 0.4) is 0 Å². The molecule has 5 rings (SSSR count).